The van der Waals surface area contributed by atoms with Gasteiger partial charge in [0.25, 0.3) is 0 Å². The van der Waals surface area contributed by atoms with Crippen LogP contribution >= 0.6 is 11.8 Å². The maximum atomic E-state index is 12.3. The van der Waals surface area contributed by atoms with Gasteiger partial charge in [-0.2, -0.15) is 0 Å². The fraction of sp³-hybridized carbons (Fsp3) is 0.350. The number of hydrogen-bond acceptors (Lipinski definition) is 5. The van der Waals surface area contributed by atoms with Gasteiger partial charge in [0.05, 0.1) is 12.0 Å². The van der Waals surface area contributed by atoms with Crippen molar-refractivity contribution in [3.8, 4) is 11.6 Å². The molecule has 0 fully saturated rings. The lowest BCUT2D eigenvalue weighted by atomic mass is 10.1. The first kappa shape index (κ1) is 19.2. The molecular formula is C20H24N4O2S. The second-order valence-corrected chi connectivity index (χ2v) is 7.11. The maximum Gasteiger partial charge on any atom is 0.234 e. The number of benzene rings is 1. The summed E-state index contributed by atoms with van der Waals surface area (Å²) in [5.74, 6) is 1.55. The molecule has 1 N–H and O–H groups in total. The molecule has 0 saturated carbocycles. The van der Waals surface area contributed by atoms with Gasteiger partial charge in [0.2, 0.25) is 5.91 Å². The van der Waals surface area contributed by atoms with Crippen LogP contribution in [0.15, 0.2) is 52.2 Å². The summed E-state index contributed by atoms with van der Waals surface area (Å²) in [6.07, 6.45) is 5.04. The van der Waals surface area contributed by atoms with Crippen LogP contribution in [0.3, 0.4) is 0 Å². The number of hydrogen-bond donors (Lipinski definition) is 1. The number of aromatic nitrogens is 3. The monoisotopic (exact) mass is 384 g/mol. The molecule has 0 saturated heterocycles. The van der Waals surface area contributed by atoms with E-state index in [0.29, 0.717) is 23.3 Å². The standard InChI is InChI=1S/C20H24N4O2S/c1-3-5-7-15-9-11-16(12-10-15)21-18(25)14-27-20-23-22-19(24(20)4-2)17-8-6-13-26-17/h6,8-13H,3-5,7,14H2,1-2H3,(H,21,25). The van der Waals surface area contributed by atoms with Crippen LogP contribution in [0.4, 0.5) is 5.69 Å². The van der Waals surface area contributed by atoms with Crippen LogP contribution in [0.5, 0.6) is 0 Å². The van der Waals surface area contributed by atoms with Crippen molar-refractivity contribution in [3.05, 3.63) is 48.2 Å². The first-order valence-electron chi connectivity index (χ1n) is 9.20. The van der Waals surface area contributed by atoms with E-state index in [1.165, 1.54) is 30.2 Å². The second-order valence-electron chi connectivity index (χ2n) is 6.17. The van der Waals surface area contributed by atoms with Crippen LogP contribution < -0.4 is 5.32 Å². The van der Waals surface area contributed by atoms with Gasteiger partial charge in [0.15, 0.2) is 16.7 Å². The first-order valence-corrected chi connectivity index (χ1v) is 10.2. The lowest BCUT2D eigenvalue weighted by molar-refractivity contribution is -0.113. The quantitative estimate of drug-likeness (QED) is 0.545. The van der Waals surface area contributed by atoms with E-state index in [1.807, 2.05) is 35.8 Å². The van der Waals surface area contributed by atoms with E-state index >= 15 is 0 Å². The van der Waals surface area contributed by atoms with Crippen LogP contribution in [-0.4, -0.2) is 26.4 Å². The number of unbranched alkanes of at least 4 members (excludes halogenated alkanes) is 1. The molecule has 7 heteroatoms. The van der Waals surface area contributed by atoms with Gasteiger partial charge in [-0.3, -0.25) is 9.36 Å². The molecule has 142 valence electrons. The van der Waals surface area contributed by atoms with Gasteiger partial charge in [0.1, 0.15) is 0 Å². The van der Waals surface area contributed by atoms with E-state index in [1.54, 1.807) is 6.26 Å². The highest BCUT2D eigenvalue weighted by Gasteiger charge is 2.16. The number of rotatable bonds is 9. The molecule has 0 aliphatic heterocycles. The highest BCUT2D eigenvalue weighted by molar-refractivity contribution is 7.99. The predicted molar refractivity (Wildman–Crippen MR) is 108 cm³/mol. The van der Waals surface area contributed by atoms with Crippen LogP contribution in [0.1, 0.15) is 32.3 Å². The van der Waals surface area contributed by atoms with Gasteiger partial charge in [-0.15, -0.1) is 10.2 Å². The summed E-state index contributed by atoms with van der Waals surface area (Å²) in [5, 5.41) is 12.0. The SMILES string of the molecule is CCCCc1ccc(NC(=O)CSc2nnc(-c3ccco3)n2CC)cc1. The number of furan rings is 1. The highest BCUT2D eigenvalue weighted by Crippen LogP contribution is 2.24. The minimum atomic E-state index is -0.0634. The summed E-state index contributed by atoms with van der Waals surface area (Å²) in [7, 11) is 0. The topological polar surface area (TPSA) is 73.0 Å². The Morgan fingerprint density at radius 1 is 1.19 bits per heavy atom. The van der Waals surface area contributed by atoms with Crippen molar-refractivity contribution in [2.75, 3.05) is 11.1 Å². The number of anilines is 1. The predicted octanol–water partition coefficient (Wildman–Crippen LogP) is 4.63. The second kappa shape index (κ2) is 9.41. The molecule has 0 unspecified atom stereocenters. The number of nitrogens with one attached hydrogen (secondary N) is 1. The molecule has 6 nitrogen and oxygen atoms in total. The van der Waals surface area contributed by atoms with Crippen LogP contribution in [0.2, 0.25) is 0 Å². The number of carbonyl (C=O) groups is 1. The molecule has 0 aliphatic rings. The Balaban J connectivity index is 1.56. The largest absolute Gasteiger partial charge is 0.461 e. The van der Waals surface area contributed by atoms with Crippen molar-refractivity contribution in [1.82, 2.24) is 14.8 Å². The van der Waals surface area contributed by atoms with E-state index in [4.69, 9.17) is 4.42 Å². The molecule has 0 spiro atoms. The fourth-order valence-corrected chi connectivity index (χ4v) is 3.53. The zero-order valence-electron chi connectivity index (χ0n) is 15.6. The van der Waals surface area contributed by atoms with Crippen molar-refractivity contribution in [2.24, 2.45) is 0 Å². The summed E-state index contributed by atoms with van der Waals surface area (Å²) in [4.78, 5) is 12.3. The number of thioether (sulfide) groups is 1. The summed E-state index contributed by atoms with van der Waals surface area (Å²) >= 11 is 1.37. The zero-order chi connectivity index (χ0) is 19.1. The Bertz CT molecular complexity index is 857. The highest BCUT2D eigenvalue weighted by atomic mass is 32.2. The van der Waals surface area contributed by atoms with Gasteiger partial charge in [-0.1, -0.05) is 37.2 Å². The Hall–Kier alpha value is -2.54. The van der Waals surface area contributed by atoms with Gasteiger partial charge in [0, 0.05) is 12.2 Å². The van der Waals surface area contributed by atoms with Crippen molar-refractivity contribution in [3.63, 3.8) is 0 Å². The molecule has 27 heavy (non-hydrogen) atoms. The summed E-state index contributed by atoms with van der Waals surface area (Å²) in [6.45, 7) is 4.90. The fourth-order valence-electron chi connectivity index (χ4n) is 2.73. The zero-order valence-corrected chi connectivity index (χ0v) is 16.5. The van der Waals surface area contributed by atoms with Gasteiger partial charge in [-0.05, 0) is 49.6 Å². The molecule has 3 rings (SSSR count). The van der Waals surface area contributed by atoms with E-state index in [-0.39, 0.29) is 11.7 Å². The maximum absolute atomic E-state index is 12.3. The Labute approximate surface area is 163 Å². The Kier molecular flexibility index (Phi) is 6.70. The summed E-state index contributed by atoms with van der Waals surface area (Å²) in [5.41, 5.74) is 2.11. The Morgan fingerprint density at radius 3 is 2.67 bits per heavy atom. The van der Waals surface area contributed by atoms with Crippen LogP contribution in [-0.2, 0) is 17.8 Å². The molecule has 2 heterocycles. The lowest BCUT2D eigenvalue weighted by Crippen LogP contribution is -2.14. The molecule has 0 aliphatic carbocycles. The molecule has 1 aromatic carbocycles. The molecule has 2 aromatic heterocycles. The number of aryl methyl sites for hydroxylation is 1. The minimum Gasteiger partial charge on any atom is -0.461 e. The van der Waals surface area contributed by atoms with E-state index < -0.39 is 0 Å². The van der Waals surface area contributed by atoms with E-state index in [2.05, 4.69) is 34.6 Å². The van der Waals surface area contributed by atoms with Crippen LogP contribution in [0, 0.1) is 0 Å². The molecule has 0 radical (unpaired) electrons. The average molecular weight is 385 g/mol. The number of amides is 1. The van der Waals surface area contributed by atoms with Crippen molar-refractivity contribution in [2.45, 2.75) is 44.8 Å². The van der Waals surface area contributed by atoms with Crippen molar-refractivity contribution >= 4 is 23.4 Å². The number of nitrogens with zero attached hydrogens (tertiary/aromatic N) is 3. The van der Waals surface area contributed by atoms with Gasteiger partial charge < -0.3 is 9.73 Å². The van der Waals surface area contributed by atoms with E-state index in [0.717, 1.165) is 12.1 Å². The van der Waals surface area contributed by atoms with Gasteiger partial charge >= 0.3 is 0 Å². The average Bonchev–Trinajstić information content (AvgIpc) is 3.34. The minimum absolute atomic E-state index is 0.0634. The van der Waals surface area contributed by atoms with Gasteiger partial charge in [-0.25, -0.2) is 0 Å². The van der Waals surface area contributed by atoms with Crippen molar-refractivity contribution < 1.29 is 9.21 Å². The van der Waals surface area contributed by atoms with E-state index in [9.17, 15) is 4.79 Å². The lowest BCUT2D eigenvalue weighted by Gasteiger charge is -2.07. The first-order chi connectivity index (χ1) is 13.2. The number of carbonyl (C=O) groups excluding carboxylic acids is 1. The molecular weight excluding hydrogens is 360 g/mol. The molecule has 1 amide bonds. The third-order valence-electron chi connectivity index (χ3n) is 4.16. The third-order valence-corrected chi connectivity index (χ3v) is 5.13. The smallest absolute Gasteiger partial charge is 0.234 e. The third kappa shape index (κ3) is 5.01. The Morgan fingerprint density at radius 2 is 2.00 bits per heavy atom. The molecule has 0 atom stereocenters. The molecule has 3 aromatic rings. The molecule has 0 bridgehead atoms. The van der Waals surface area contributed by atoms with Crippen molar-refractivity contribution in [1.29, 1.82) is 0 Å². The summed E-state index contributed by atoms with van der Waals surface area (Å²) < 4.78 is 7.35. The summed E-state index contributed by atoms with van der Waals surface area (Å²) in [6, 6.07) is 11.7. The van der Waals surface area contributed by atoms with Crippen LogP contribution in [0.25, 0.3) is 11.6 Å². The normalized spacial score (nSPS) is 10.9.